The smallest absolute Gasteiger partial charge is 0.251 e. The predicted molar refractivity (Wildman–Crippen MR) is 69.3 cm³/mol. The molecule has 0 bridgehead atoms. The Labute approximate surface area is 109 Å². The van der Waals surface area contributed by atoms with Gasteiger partial charge in [-0.05, 0) is 25.1 Å². The highest BCUT2D eigenvalue weighted by atomic mass is 32.1. The lowest BCUT2D eigenvalue weighted by molar-refractivity contribution is 0.0953. The highest BCUT2D eigenvalue weighted by Crippen LogP contribution is 2.08. The van der Waals surface area contributed by atoms with Crippen LogP contribution in [0.2, 0.25) is 0 Å². The zero-order valence-electron chi connectivity index (χ0n) is 9.94. The van der Waals surface area contributed by atoms with E-state index in [0.717, 1.165) is 10.7 Å². The molecule has 1 amide bonds. The number of carbonyl (C=O) groups excluding carboxylic acids is 1. The molecule has 0 saturated heterocycles. The van der Waals surface area contributed by atoms with Crippen molar-refractivity contribution in [3.05, 3.63) is 51.7 Å². The molecule has 3 nitrogen and oxygen atoms in total. The molecule has 1 aromatic heterocycles. The molecule has 0 fully saturated rings. The Morgan fingerprint density at radius 1 is 1.50 bits per heavy atom. The summed E-state index contributed by atoms with van der Waals surface area (Å²) in [5.74, 6) is -0.666. The molecule has 2 aromatic rings. The van der Waals surface area contributed by atoms with E-state index in [0.29, 0.717) is 18.5 Å². The monoisotopic (exact) mass is 264 g/mol. The normalized spacial score (nSPS) is 10.3. The van der Waals surface area contributed by atoms with Crippen LogP contribution in [-0.4, -0.2) is 17.4 Å². The van der Waals surface area contributed by atoms with Crippen molar-refractivity contribution in [1.82, 2.24) is 10.3 Å². The Bertz CT molecular complexity index is 553. The maximum atomic E-state index is 12.9. The largest absolute Gasteiger partial charge is 0.352 e. The van der Waals surface area contributed by atoms with Gasteiger partial charge in [0.05, 0.1) is 5.01 Å². The summed E-state index contributed by atoms with van der Waals surface area (Å²) in [4.78, 5) is 16.0. The minimum atomic E-state index is -0.404. The van der Waals surface area contributed by atoms with E-state index >= 15 is 0 Å². The van der Waals surface area contributed by atoms with Gasteiger partial charge >= 0.3 is 0 Å². The summed E-state index contributed by atoms with van der Waals surface area (Å²) in [6.07, 6.45) is 0.694. The first kappa shape index (κ1) is 12.7. The second-order valence-corrected chi connectivity index (χ2v) is 4.84. The van der Waals surface area contributed by atoms with Crippen LogP contribution in [-0.2, 0) is 6.42 Å². The summed E-state index contributed by atoms with van der Waals surface area (Å²) >= 11 is 1.58. The van der Waals surface area contributed by atoms with Crippen LogP contribution in [0.5, 0.6) is 0 Å². The molecule has 0 atom stereocenters. The van der Waals surface area contributed by atoms with Crippen molar-refractivity contribution in [3.63, 3.8) is 0 Å². The Morgan fingerprint density at radius 2 is 2.33 bits per heavy atom. The van der Waals surface area contributed by atoms with Crippen molar-refractivity contribution in [2.45, 2.75) is 13.3 Å². The lowest BCUT2D eigenvalue weighted by atomic mass is 10.2. The Kier molecular flexibility index (Phi) is 4.04. The van der Waals surface area contributed by atoms with Gasteiger partial charge in [0.25, 0.3) is 5.91 Å². The number of carbonyl (C=O) groups is 1. The Balaban J connectivity index is 1.85. The minimum Gasteiger partial charge on any atom is -0.352 e. The number of benzene rings is 1. The molecule has 5 heteroatoms. The first-order valence-electron chi connectivity index (χ1n) is 5.60. The van der Waals surface area contributed by atoms with E-state index in [-0.39, 0.29) is 5.91 Å². The number of thiazole rings is 1. The second-order valence-electron chi connectivity index (χ2n) is 3.90. The molecule has 0 radical (unpaired) electrons. The number of hydrogen-bond donors (Lipinski definition) is 1. The summed E-state index contributed by atoms with van der Waals surface area (Å²) in [6.45, 7) is 2.44. The number of halogens is 1. The summed E-state index contributed by atoms with van der Waals surface area (Å²) in [5.41, 5.74) is 1.33. The quantitative estimate of drug-likeness (QED) is 0.922. The van der Waals surface area contributed by atoms with Crippen molar-refractivity contribution in [2.24, 2.45) is 0 Å². The third-order valence-electron chi connectivity index (χ3n) is 2.38. The van der Waals surface area contributed by atoms with E-state index in [4.69, 9.17) is 0 Å². The van der Waals surface area contributed by atoms with E-state index in [2.05, 4.69) is 10.3 Å². The molecule has 0 aliphatic heterocycles. The third-order valence-corrected chi connectivity index (χ3v) is 3.40. The minimum absolute atomic E-state index is 0.261. The molecule has 2 rings (SSSR count). The van der Waals surface area contributed by atoms with Crippen LogP contribution in [0.1, 0.15) is 21.1 Å². The molecule has 1 aromatic carbocycles. The lowest BCUT2D eigenvalue weighted by Gasteiger charge is -2.03. The third kappa shape index (κ3) is 3.37. The van der Waals surface area contributed by atoms with Crippen LogP contribution >= 0.6 is 11.3 Å². The number of rotatable bonds is 4. The van der Waals surface area contributed by atoms with Crippen LogP contribution < -0.4 is 5.32 Å². The lowest BCUT2D eigenvalue weighted by Crippen LogP contribution is -2.25. The van der Waals surface area contributed by atoms with Gasteiger partial charge in [-0.25, -0.2) is 9.37 Å². The summed E-state index contributed by atoms with van der Waals surface area (Å²) < 4.78 is 12.9. The molecule has 0 spiro atoms. The zero-order chi connectivity index (χ0) is 13.0. The molecule has 0 unspecified atom stereocenters. The zero-order valence-corrected chi connectivity index (χ0v) is 10.8. The van der Waals surface area contributed by atoms with Gasteiger partial charge in [-0.1, -0.05) is 6.07 Å². The number of aromatic nitrogens is 1. The van der Waals surface area contributed by atoms with Crippen LogP contribution in [0.15, 0.2) is 29.6 Å². The number of nitrogens with one attached hydrogen (secondary N) is 1. The number of nitrogens with zero attached hydrogens (tertiary/aromatic N) is 1. The van der Waals surface area contributed by atoms with Crippen LogP contribution in [0.25, 0.3) is 0 Å². The molecular formula is C13H13FN2OS. The van der Waals surface area contributed by atoms with Crippen molar-refractivity contribution < 1.29 is 9.18 Å². The Morgan fingerprint density at radius 3 is 3.00 bits per heavy atom. The van der Waals surface area contributed by atoms with Crippen molar-refractivity contribution in [3.8, 4) is 0 Å². The van der Waals surface area contributed by atoms with E-state index in [1.807, 2.05) is 12.3 Å². The van der Waals surface area contributed by atoms with Gasteiger partial charge in [-0.2, -0.15) is 0 Å². The SMILES string of the molecule is Cc1csc(CCNC(=O)c2cccc(F)c2)n1. The molecule has 0 aliphatic carbocycles. The number of hydrogen-bond acceptors (Lipinski definition) is 3. The first-order valence-corrected chi connectivity index (χ1v) is 6.48. The topological polar surface area (TPSA) is 42.0 Å². The fourth-order valence-corrected chi connectivity index (χ4v) is 2.31. The molecule has 0 aliphatic rings. The molecule has 1 N–H and O–H groups in total. The van der Waals surface area contributed by atoms with Crippen molar-refractivity contribution >= 4 is 17.2 Å². The Hall–Kier alpha value is -1.75. The van der Waals surface area contributed by atoms with Gasteiger partial charge in [-0.15, -0.1) is 11.3 Å². The maximum Gasteiger partial charge on any atom is 0.251 e. The summed E-state index contributed by atoms with van der Waals surface area (Å²) in [6, 6.07) is 5.65. The van der Waals surface area contributed by atoms with Crippen molar-refractivity contribution in [2.75, 3.05) is 6.54 Å². The molecule has 18 heavy (non-hydrogen) atoms. The van der Waals surface area contributed by atoms with Crippen LogP contribution in [0.4, 0.5) is 4.39 Å². The van der Waals surface area contributed by atoms with Gasteiger partial charge in [-0.3, -0.25) is 4.79 Å². The molecule has 1 heterocycles. The predicted octanol–water partition coefficient (Wildman–Crippen LogP) is 2.56. The van der Waals surface area contributed by atoms with Gasteiger partial charge in [0.15, 0.2) is 0 Å². The fourth-order valence-electron chi connectivity index (χ4n) is 1.53. The van der Waals surface area contributed by atoms with Crippen LogP contribution in [0.3, 0.4) is 0 Å². The molecule has 94 valence electrons. The highest BCUT2D eigenvalue weighted by Gasteiger charge is 2.06. The summed E-state index contributed by atoms with van der Waals surface area (Å²) in [7, 11) is 0. The standard InChI is InChI=1S/C13H13FN2OS/c1-9-8-18-12(16-9)5-6-15-13(17)10-3-2-4-11(14)7-10/h2-4,7-8H,5-6H2,1H3,(H,15,17). The van der Waals surface area contributed by atoms with E-state index in [9.17, 15) is 9.18 Å². The average Bonchev–Trinajstić information content (AvgIpc) is 2.75. The maximum absolute atomic E-state index is 12.9. The summed E-state index contributed by atoms with van der Waals surface area (Å²) in [5, 5.41) is 5.71. The first-order chi connectivity index (χ1) is 8.65. The van der Waals surface area contributed by atoms with Gasteiger partial charge in [0.1, 0.15) is 5.82 Å². The van der Waals surface area contributed by atoms with Gasteiger partial charge in [0, 0.05) is 29.6 Å². The van der Waals surface area contributed by atoms with E-state index in [1.54, 1.807) is 17.4 Å². The molecular weight excluding hydrogens is 251 g/mol. The van der Waals surface area contributed by atoms with Gasteiger partial charge < -0.3 is 5.32 Å². The average molecular weight is 264 g/mol. The number of amides is 1. The van der Waals surface area contributed by atoms with Crippen LogP contribution in [0, 0.1) is 12.7 Å². The highest BCUT2D eigenvalue weighted by molar-refractivity contribution is 7.09. The second kappa shape index (κ2) is 5.73. The van der Waals surface area contributed by atoms with E-state index < -0.39 is 5.82 Å². The number of aryl methyl sites for hydroxylation is 1. The fraction of sp³-hybridized carbons (Fsp3) is 0.231. The molecule has 0 saturated carbocycles. The van der Waals surface area contributed by atoms with Gasteiger partial charge in [0.2, 0.25) is 0 Å². The van der Waals surface area contributed by atoms with E-state index in [1.165, 1.54) is 18.2 Å². The van der Waals surface area contributed by atoms with Crippen molar-refractivity contribution in [1.29, 1.82) is 0 Å².